The molecule has 0 nitrogen and oxygen atoms in total. The maximum atomic E-state index is 3.59. The smallest absolute Gasteiger partial charge is 0.0345 e. The van der Waals surface area contributed by atoms with Crippen molar-refractivity contribution in [1.29, 1.82) is 0 Å². The van der Waals surface area contributed by atoms with E-state index in [1.807, 2.05) is 11.3 Å². The lowest BCUT2D eigenvalue weighted by Crippen LogP contribution is -1.91. The van der Waals surface area contributed by atoms with Crippen LogP contribution in [0.15, 0.2) is 29.6 Å². The predicted molar refractivity (Wildman–Crippen MR) is 73.2 cm³/mol. The van der Waals surface area contributed by atoms with Crippen molar-refractivity contribution in [2.24, 2.45) is 0 Å². The molecule has 0 amide bonds. The first kappa shape index (κ1) is 11.2. The highest BCUT2D eigenvalue weighted by Gasteiger charge is 2.03. The Morgan fingerprint density at radius 2 is 2.13 bits per heavy atom. The Morgan fingerprint density at radius 3 is 2.93 bits per heavy atom. The van der Waals surface area contributed by atoms with E-state index >= 15 is 0 Å². The number of rotatable bonds is 4. The van der Waals surface area contributed by atoms with E-state index in [2.05, 4.69) is 52.5 Å². The summed E-state index contributed by atoms with van der Waals surface area (Å²) in [6, 6.07) is 8.68. The summed E-state index contributed by atoms with van der Waals surface area (Å²) in [5.41, 5.74) is 1.52. The molecule has 1 aromatic carbocycles. The summed E-state index contributed by atoms with van der Waals surface area (Å²) in [7, 11) is 0. The zero-order chi connectivity index (χ0) is 10.7. The minimum absolute atomic E-state index is 0.641. The molecule has 80 valence electrons. The van der Waals surface area contributed by atoms with Crippen LogP contribution in [0.25, 0.3) is 10.1 Å². The molecule has 0 fully saturated rings. The summed E-state index contributed by atoms with van der Waals surface area (Å²) < 4.78 is 1.42. The lowest BCUT2D eigenvalue weighted by molar-refractivity contribution is 0.740. The second kappa shape index (κ2) is 5.13. The van der Waals surface area contributed by atoms with Crippen LogP contribution in [0.1, 0.15) is 25.3 Å². The summed E-state index contributed by atoms with van der Waals surface area (Å²) >= 11 is 5.45. The van der Waals surface area contributed by atoms with Crippen LogP contribution in [0.4, 0.5) is 0 Å². The monoisotopic (exact) mass is 282 g/mol. The third-order valence-electron chi connectivity index (χ3n) is 2.61. The molecule has 0 N–H and O–H groups in total. The van der Waals surface area contributed by atoms with E-state index in [-0.39, 0.29) is 0 Å². The number of hydrogen-bond acceptors (Lipinski definition) is 1. The van der Waals surface area contributed by atoms with Gasteiger partial charge in [0.2, 0.25) is 0 Å². The molecule has 2 rings (SSSR count). The van der Waals surface area contributed by atoms with Crippen molar-refractivity contribution in [3.63, 3.8) is 0 Å². The summed E-state index contributed by atoms with van der Waals surface area (Å²) in [5, 5.41) is 3.76. The van der Waals surface area contributed by atoms with Gasteiger partial charge in [0.25, 0.3) is 0 Å². The minimum Gasteiger partial charge on any atom is -0.144 e. The Hall–Kier alpha value is -0.340. The standard InChI is InChI=1S/C13H15BrS/c1-10(14)5-4-6-11-9-15-13-8-3-2-7-12(11)13/h2-3,7-10H,4-6H2,1H3. The van der Waals surface area contributed by atoms with Crippen LogP contribution >= 0.6 is 27.3 Å². The second-order valence-corrected chi connectivity index (χ2v) is 6.40. The molecule has 0 radical (unpaired) electrons. The molecule has 0 spiro atoms. The van der Waals surface area contributed by atoms with Crippen LogP contribution < -0.4 is 0 Å². The van der Waals surface area contributed by atoms with Crippen molar-refractivity contribution in [2.75, 3.05) is 0 Å². The number of benzene rings is 1. The highest BCUT2D eigenvalue weighted by Crippen LogP contribution is 2.27. The number of hydrogen-bond donors (Lipinski definition) is 0. The van der Waals surface area contributed by atoms with Gasteiger partial charge >= 0.3 is 0 Å². The third kappa shape index (κ3) is 2.82. The number of alkyl halides is 1. The lowest BCUT2D eigenvalue weighted by atomic mass is 10.1. The molecule has 0 saturated carbocycles. The average Bonchev–Trinajstić information content (AvgIpc) is 2.62. The summed E-state index contributed by atoms with van der Waals surface area (Å²) in [4.78, 5) is 0.641. The molecule has 2 heteroatoms. The Morgan fingerprint density at radius 1 is 1.33 bits per heavy atom. The van der Waals surface area contributed by atoms with Gasteiger partial charge in [0.05, 0.1) is 0 Å². The van der Waals surface area contributed by atoms with Gasteiger partial charge in [0.15, 0.2) is 0 Å². The molecule has 0 aliphatic rings. The van der Waals surface area contributed by atoms with Crippen LogP contribution in [-0.4, -0.2) is 4.83 Å². The summed E-state index contributed by atoms with van der Waals surface area (Å²) in [6.07, 6.45) is 3.73. The Bertz CT molecular complexity index is 431. The van der Waals surface area contributed by atoms with E-state index in [9.17, 15) is 0 Å². The molecule has 1 aromatic heterocycles. The molecule has 0 aliphatic heterocycles. The van der Waals surface area contributed by atoms with Gasteiger partial charge in [0.1, 0.15) is 0 Å². The first-order valence-electron chi connectivity index (χ1n) is 5.36. The van der Waals surface area contributed by atoms with E-state index in [1.165, 1.54) is 34.9 Å². The van der Waals surface area contributed by atoms with E-state index in [1.54, 1.807) is 0 Å². The minimum atomic E-state index is 0.641. The maximum absolute atomic E-state index is 3.59. The third-order valence-corrected chi connectivity index (χ3v) is 4.08. The second-order valence-electron chi connectivity index (χ2n) is 3.93. The maximum Gasteiger partial charge on any atom is 0.0345 e. The van der Waals surface area contributed by atoms with Gasteiger partial charge in [-0.2, -0.15) is 0 Å². The van der Waals surface area contributed by atoms with Gasteiger partial charge < -0.3 is 0 Å². The van der Waals surface area contributed by atoms with Crippen LogP contribution in [0, 0.1) is 0 Å². The van der Waals surface area contributed by atoms with Gasteiger partial charge in [-0.1, -0.05) is 41.1 Å². The predicted octanol–water partition coefficient (Wildman–Crippen LogP) is 5.01. The summed E-state index contributed by atoms with van der Waals surface area (Å²) in [5.74, 6) is 0. The van der Waals surface area contributed by atoms with Gasteiger partial charge in [-0.3, -0.25) is 0 Å². The van der Waals surface area contributed by atoms with Crippen molar-refractivity contribution in [3.05, 3.63) is 35.2 Å². The number of halogens is 1. The van der Waals surface area contributed by atoms with Crippen molar-refractivity contribution < 1.29 is 0 Å². The van der Waals surface area contributed by atoms with Crippen molar-refractivity contribution in [2.45, 2.75) is 31.0 Å². The quantitative estimate of drug-likeness (QED) is 0.692. The molecule has 2 aromatic rings. The van der Waals surface area contributed by atoms with Crippen molar-refractivity contribution >= 4 is 37.4 Å². The highest BCUT2D eigenvalue weighted by molar-refractivity contribution is 9.09. The zero-order valence-electron chi connectivity index (χ0n) is 8.87. The molecule has 0 bridgehead atoms. The van der Waals surface area contributed by atoms with Crippen LogP contribution in [0.2, 0.25) is 0 Å². The highest BCUT2D eigenvalue weighted by atomic mass is 79.9. The van der Waals surface area contributed by atoms with Gasteiger partial charge in [0, 0.05) is 9.53 Å². The molecule has 0 saturated heterocycles. The van der Waals surface area contributed by atoms with E-state index in [0.29, 0.717) is 4.83 Å². The molecular weight excluding hydrogens is 268 g/mol. The Labute approximate surface area is 103 Å². The molecule has 15 heavy (non-hydrogen) atoms. The van der Waals surface area contributed by atoms with Gasteiger partial charge in [-0.25, -0.2) is 0 Å². The fourth-order valence-corrected chi connectivity index (χ4v) is 3.12. The van der Waals surface area contributed by atoms with E-state index in [0.717, 1.165) is 0 Å². The summed E-state index contributed by atoms with van der Waals surface area (Å²) in [6.45, 7) is 2.21. The normalized spacial score (nSPS) is 13.2. The fraction of sp³-hybridized carbons (Fsp3) is 0.385. The van der Waals surface area contributed by atoms with E-state index < -0.39 is 0 Å². The van der Waals surface area contributed by atoms with Crippen molar-refractivity contribution in [1.82, 2.24) is 0 Å². The Balaban J connectivity index is 2.08. The van der Waals surface area contributed by atoms with Gasteiger partial charge in [-0.05, 0) is 41.7 Å². The van der Waals surface area contributed by atoms with Crippen molar-refractivity contribution in [3.8, 4) is 0 Å². The SMILES string of the molecule is CC(Br)CCCc1csc2ccccc12. The molecule has 1 heterocycles. The fourth-order valence-electron chi connectivity index (χ4n) is 1.80. The number of fused-ring (bicyclic) bond motifs is 1. The lowest BCUT2D eigenvalue weighted by Gasteiger charge is -2.02. The van der Waals surface area contributed by atoms with Crippen LogP contribution in [0.3, 0.4) is 0 Å². The largest absolute Gasteiger partial charge is 0.144 e. The molecule has 0 aliphatic carbocycles. The number of thiophene rings is 1. The van der Waals surface area contributed by atoms with Gasteiger partial charge in [-0.15, -0.1) is 11.3 Å². The first-order chi connectivity index (χ1) is 7.27. The zero-order valence-corrected chi connectivity index (χ0v) is 11.3. The van der Waals surface area contributed by atoms with E-state index in [4.69, 9.17) is 0 Å². The van der Waals surface area contributed by atoms with Crippen LogP contribution in [-0.2, 0) is 6.42 Å². The van der Waals surface area contributed by atoms with Crippen LogP contribution in [0.5, 0.6) is 0 Å². The Kier molecular flexibility index (Phi) is 3.81. The first-order valence-corrected chi connectivity index (χ1v) is 7.16. The molecular formula is C13H15BrS. The topological polar surface area (TPSA) is 0 Å². The molecule has 1 unspecified atom stereocenters. The average molecular weight is 283 g/mol. The molecule has 1 atom stereocenters. The number of aryl methyl sites for hydroxylation is 1.